The van der Waals surface area contributed by atoms with Gasteiger partial charge in [0.2, 0.25) is 0 Å². The van der Waals surface area contributed by atoms with Crippen LogP contribution in [-0.2, 0) is 19.3 Å². The highest BCUT2D eigenvalue weighted by molar-refractivity contribution is 6.12. The molecular weight excluding hydrogens is 410 g/mol. The fourth-order valence-corrected chi connectivity index (χ4v) is 7.50. The van der Waals surface area contributed by atoms with Crippen LogP contribution < -0.4 is 0 Å². The Kier molecular flexibility index (Phi) is 3.10. The molecule has 0 amide bonds. The molecule has 1 aromatic heterocycles. The Morgan fingerprint density at radius 3 is 2.47 bits per heavy atom. The van der Waals surface area contributed by atoms with E-state index in [-0.39, 0.29) is 0 Å². The summed E-state index contributed by atoms with van der Waals surface area (Å²) in [6.45, 7) is 0. The Hall–Kier alpha value is -3.84. The molecular formula is C33H23N. The Bertz CT molecular complexity index is 1790. The minimum absolute atomic E-state index is 0.483. The second-order valence-electron chi connectivity index (χ2n) is 10.4. The number of hydrogen-bond donors (Lipinski definition) is 0. The van der Waals surface area contributed by atoms with E-state index < -0.39 is 0 Å². The van der Waals surface area contributed by atoms with Crippen molar-refractivity contribution in [2.24, 2.45) is 5.92 Å². The predicted octanol–water partition coefficient (Wildman–Crippen LogP) is 7.64. The summed E-state index contributed by atoms with van der Waals surface area (Å²) in [5.41, 5.74) is 16.2. The molecule has 0 spiro atoms. The van der Waals surface area contributed by atoms with E-state index in [2.05, 4.69) is 95.6 Å². The summed E-state index contributed by atoms with van der Waals surface area (Å²) in [6, 6.07) is 25.5. The number of para-hydroxylation sites is 1. The van der Waals surface area contributed by atoms with E-state index in [4.69, 9.17) is 0 Å². The highest BCUT2D eigenvalue weighted by Gasteiger charge is 2.35. The summed E-state index contributed by atoms with van der Waals surface area (Å²) in [5.74, 6) is 1.07. The minimum atomic E-state index is 0.483. The van der Waals surface area contributed by atoms with Gasteiger partial charge in [0, 0.05) is 23.1 Å². The molecule has 1 nitrogen and oxygen atoms in total. The molecule has 0 fully saturated rings. The molecule has 0 saturated heterocycles. The van der Waals surface area contributed by atoms with Crippen LogP contribution in [-0.4, -0.2) is 4.57 Å². The maximum Gasteiger partial charge on any atom is 0.0582 e. The number of aromatic nitrogens is 1. The third kappa shape index (κ3) is 1.99. The first kappa shape index (κ1) is 17.6. The van der Waals surface area contributed by atoms with Crippen molar-refractivity contribution in [2.75, 3.05) is 0 Å². The first-order valence-corrected chi connectivity index (χ1v) is 12.5. The maximum absolute atomic E-state index is 2.65. The Balaban J connectivity index is 1.41. The van der Waals surface area contributed by atoms with Crippen molar-refractivity contribution in [3.63, 3.8) is 0 Å². The molecule has 1 aliphatic heterocycles. The van der Waals surface area contributed by atoms with Crippen molar-refractivity contribution in [2.45, 2.75) is 25.2 Å². The van der Waals surface area contributed by atoms with Crippen molar-refractivity contribution in [3.05, 3.63) is 124 Å². The smallest absolute Gasteiger partial charge is 0.0582 e. The fourth-order valence-electron chi connectivity index (χ4n) is 7.50. The lowest BCUT2D eigenvalue weighted by Crippen LogP contribution is -2.12. The summed E-state index contributed by atoms with van der Waals surface area (Å²) < 4.78 is 2.65. The summed E-state index contributed by atoms with van der Waals surface area (Å²) in [4.78, 5) is 0. The van der Waals surface area contributed by atoms with E-state index >= 15 is 0 Å². The first-order chi connectivity index (χ1) is 16.9. The molecule has 160 valence electrons. The van der Waals surface area contributed by atoms with E-state index in [0.717, 1.165) is 19.3 Å². The number of rotatable bonds is 0. The average Bonchev–Trinajstić information content (AvgIpc) is 3.55. The second kappa shape index (κ2) is 5.98. The molecule has 0 bridgehead atoms. The van der Waals surface area contributed by atoms with E-state index in [1.54, 1.807) is 5.56 Å². The summed E-state index contributed by atoms with van der Waals surface area (Å²) in [6.07, 6.45) is 12.6. The molecule has 34 heavy (non-hydrogen) atoms. The number of hydrogen-bond acceptors (Lipinski definition) is 0. The molecule has 5 aromatic rings. The zero-order valence-corrected chi connectivity index (χ0v) is 18.9. The van der Waals surface area contributed by atoms with Crippen molar-refractivity contribution >= 4 is 21.8 Å². The largest absolute Gasteiger partial charge is 0.308 e. The normalized spacial score (nSPS) is 20.4. The van der Waals surface area contributed by atoms with Gasteiger partial charge in [-0.2, -0.15) is 0 Å². The van der Waals surface area contributed by atoms with E-state index in [1.807, 2.05) is 0 Å². The molecule has 2 atom stereocenters. The number of fused-ring (bicyclic) bond motifs is 13. The lowest BCUT2D eigenvalue weighted by Gasteiger charge is -2.25. The maximum atomic E-state index is 2.65. The van der Waals surface area contributed by atoms with Crippen LogP contribution in [0.1, 0.15) is 39.3 Å². The van der Waals surface area contributed by atoms with Crippen LogP contribution in [0.4, 0.5) is 0 Å². The quantitative estimate of drug-likeness (QED) is 0.232. The van der Waals surface area contributed by atoms with E-state index in [0.29, 0.717) is 11.8 Å². The zero-order chi connectivity index (χ0) is 22.0. The third-order valence-electron chi connectivity index (χ3n) is 8.89. The Morgan fingerprint density at radius 1 is 0.618 bits per heavy atom. The molecule has 2 heterocycles. The second-order valence-corrected chi connectivity index (χ2v) is 10.4. The van der Waals surface area contributed by atoms with Gasteiger partial charge in [0.1, 0.15) is 0 Å². The lowest BCUT2D eigenvalue weighted by molar-refractivity contribution is 0.631. The van der Waals surface area contributed by atoms with Crippen molar-refractivity contribution in [1.82, 2.24) is 4.57 Å². The minimum Gasteiger partial charge on any atom is -0.308 e. The monoisotopic (exact) mass is 433 g/mol. The van der Waals surface area contributed by atoms with E-state index in [9.17, 15) is 0 Å². The van der Waals surface area contributed by atoms with E-state index in [1.165, 1.54) is 66.4 Å². The third-order valence-corrected chi connectivity index (χ3v) is 8.89. The SMILES string of the molecule is C1=CC2Cc3ccc4c5cccc6c5n(c4c3C2C=C1)-c1ccc2c(c1C6)Cc1ccccc1-2. The molecule has 3 aliphatic carbocycles. The summed E-state index contributed by atoms with van der Waals surface area (Å²) in [7, 11) is 0. The molecule has 0 radical (unpaired) electrons. The Labute approximate surface area is 198 Å². The highest BCUT2D eigenvalue weighted by Crippen LogP contribution is 2.50. The predicted molar refractivity (Wildman–Crippen MR) is 140 cm³/mol. The molecule has 0 N–H and O–H groups in total. The fraction of sp³-hybridized carbons (Fsp3) is 0.152. The van der Waals surface area contributed by atoms with Crippen LogP contribution in [0.2, 0.25) is 0 Å². The van der Waals surface area contributed by atoms with Crippen LogP contribution in [0.5, 0.6) is 0 Å². The van der Waals surface area contributed by atoms with Crippen LogP contribution in [0.15, 0.2) is 91.0 Å². The van der Waals surface area contributed by atoms with Crippen molar-refractivity contribution in [1.29, 1.82) is 0 Å². The Morgan fingerprint density at radius 2 is 1.47 bits per heavy atom. The van der Waals surface area contributed by atoms with Gasteiger partial charge in [-0.25, -0.2) is 0 Å². The summed E-state index contributed by atoms with van der Waals surface area (Å²) >= 11 is 0. The summed E-state index contributed by atoms with van der Waals surface area (Å²) in [5, 5.41) is 2.82. The van der Waals surface area contributed by atoms with Gasteiger partial charge in [-0.15, -0.1) is 0 Å². The number of nitrogens with zero attached hydrogens (tertiary/aromatic N) is 1. The molecule has 0 saturated carbocycles. The lowest BCUT2D eigenvalue weighted by atomic mass is 9.88. The van der Waals surface area contributed by atoms with Gasteiger partial charge in [0.25, 0.3) is 0 Å². The zero-order valence-electron chi connectivity index (χ0n) is 18.9. The standard InChI is InChI=1S/C33H23N/c1-3-9-23-20(7-1)17-28-25(23)14-15-30-29(28)18-22-8-5-11-26-27-13-12-21-16-19-6-2-4-10-24(19)31(21)33(27)34(30)32(22)26/h1-15,19,24H,16-18H2. The van der Waals surface area contributed by atoms with Crippen molar-refractivity contribution < 1.29 is 0 Å². The van der Waals surface area contributed by atoms with Crippen LogP contribution in [0, 0.1) is 5.92 Å². The average molecular weight is 434 g/mol. The van der Waals surface area contributed by atoms with Gasteiger partial charge in [-0.1, -0.05) is 85.0 Å². The molecule has 9 rings (SSSR count). The van der Waals surface area contributed by atoms with Gasteiger partial charge < -0.3 is 4.57 Å². The van der Waals surface area contributed by atoms with Crippen LogP contribution >= 0.6 is 0 Å². The molecule has 4 aromatic carbocycles. The number of allylic oxidation sites excluding steroid dienone is 4. The van der Waals surface area contributed by atoms with Gasteiger partial charge in [-0.05, 0) is 69.3 Å². The van der Waals surface area contributed by atoms with Gasteiger partial charge in [0.15, 0.2) is 0 Å². The highest BCUT2D eigenvalue weighted by atomic mass is 15.0. The molecule has 4 aliphatic rings. The van der Waals surface area contributed by atoms with Crippen LogP contribution in [0.3, 0.4) is 0 Å². The molecule has 2 unspecified atom stereocenters. The van der Waals surface area contributed by atoms with Gasteiger partial charge in [0.05, 0.1) is 16.7 Å². The first-order valence-electron chi connectivity index (χ1n) is 12.5. The topological polar surface area (TPSA) is 4.93 Å². The van der Waals surface area contributed by atoms with Crippen molar-refractivity contribution in [3.8, 4) is 16.8 Å². The van der Waals surface area contributed by atoms with Crippen LogP contribution in [0.25, 0.3) is 38.6 Å². The molecule has 1 heteroatoms. The van der Waals surface area contributed by atoms with Gasteiger partial charge in [-0.3, -0.25) is 0 Å². The number of benzene rings is 4. The van der Waals surface area contributed by atoms with Gasteiger partial charge >= 0.3 is 0 Å².